The molecule has 0 aromatic rings. The number of urea groups is 1. The van der Waals surface area contributed by atoms with E-state index in [2.05, 4.69) is 33.5 Å². The molecule has 0 bridgehead atoms. The number of amides is 2. The van der Waals surface area contributed by atoms with Gasteiger partial charge in [0.1, 0.15) is 12.5 Å². The SMILES string of the molecule is CC1CC(NCCCCN)NC(NC(=O)NC2CCC(F)C(Cl)C2)N1. The summed E-state index contributed by atoms with van der Waals surface area (Å²) in [7, 11) is 0. The summed E-state index contributed by atoms with van der Waals surface area (Å²) in [5, 5.41) is 15.3. The fourth-order valence-electron chi connectivity index (χ4n) is 3.36. The van der Waals surface area contributed by atoms with Gasteiger partial charge in [0.05, 0.1) is 11.5 Å². The lowest BCUT2D eigenvalue weighted by Gasteiger charge is -2.37. The zero-order chi connectivity index (χ0) is 18.2. The van der Waals surface area contributed by atoms with Crippen LogP contribution in [0, 0.1) is 0 Å². The Kier molecular flexibility index (Phi) is 8.65. The summed E-state index contributed by atoms with van der Waals surface area (Å²) in [5.41, 5.74) is 5.50. The summed E-state index contributed by atoms with van der Waals surface area (Å²) in [6, 6.07) is -0.0828. The first kappa shape index (κ1) is 20.6. The number of hydrogen-bond donors (Lipinski definition) is 6. The number of halogens is 2. The van der Waals surface area contributed by atoms with Crippen LogP contribution in [0.15, 0.2) is 0 Å². The molecule has 0 radical (unpaired) electrons. The highest BCUT2D eigenvalue weighted by atomic mass is 35.5. The second-order valence-corrected chi connectivity index (χ2v) is 7.63. The van der Waals surface area contributed by atoms with Crippen molar-refractivity contribution in [1.29, 1.82) is 0 Å². The maximum Gasteiger partial charge on any atom is 0.317 e. The van der Waals surface area contributed by atoms with E-state index in [0.717, 1.165) is 25.8 Å². The third-order valence-corrected chi connectivity index (χ3v) is 5.19. The molecule has 2 fully saturated rings. The minimum Gasteiger partial charge on any atom is -0.335 e. The molecule has 0 aromatic carbocycles. The summed E-state index contributed by atoms with van der Waals surface area (Å²) in [4.78, 5) is 12.2. The predicted octanol–water partition coefficient (Wildman–Crippen LogP) is 0.693. The normalized spacial score (nSPS) is 36.0. The molecule has 2 aliphatic rings. The number of unbranched alkanes of at least 4 members (excludes halogenated alkanes) is 1. The summed E-state index contributed by atoms with van der Waals surface area (Å²) in [6.07, 6.45) is 3.27. The quantitative estimate of drug-likeness (QED) is 0.289. The predicted molar refractivity (Wildman–Crippen MR) is 98.1 cm³/mol. The average molecular weight is 379 g/mol. The van der Waals surface area contributed by atoms with E-state index in [-0.39, 0.29) is 30.6 Å². The second-order valence-electron chi connectivity index (χ2n) is 7.07. The third-order valence-electron chi connectivity index (χ3n) is 4.73. The Labute approximate surface area is 154 Å². The smallest absolute Gasteiger partial charge is 0.317 e. The van der Waals surface area contributed by atoms with Crippen molar-refractivity contribution in [2.24, 2.45) is 5.73 Å². The van der Waals surface area contributed by atoms with Gasteiger partial charge < -0.3 is 21.7 Å². The largest absolute Gasteiger partial charge is 0.335 e. The maximum absolute atomic E-state index is 13.4. The minimum absolute atomic E-state index is 0.0827. The van der Waals surface area contributed by atoms with Gasteiger partial charge in [-0.05, 0) is 58.5 Å². The summed E-state index contributed by atoms with van der Waals surface area (Å²) in [6.45, 7) is 3.68. The first-order valence-corrected chi connectivity index (χ1v) is 9.72. The van der Waals surface area contributed by atoms with Crippen LogP contribution >= 0.6 is 11.6 Å². The van der Waals surface area contributed by atoms with Crippen molar-refractivity contribution < 1.29 is 9.18 Å². The van der Waals surface area contributed by atoms with Crippen molar-refractivity contribution in [3.8, 4) is 0 Å². The number of nitrogens with two attached hydrogens (primary N) is 1. The van der Waals surface area contributed by atoms with Crippen molar-refractivity contribution in [1.82, 2.24) is 26.6 Å². The van der Waals surface area contributed by atoms with Crippen LogP contribution in [0.4, 0.5) is 9.18 Å². The topological polar surface area (TPSA) is 103 Å². The van der Waals surface area contributed by atoms with Crippen LogP contribution in [0.3, 0.4) is 0 Å². The molecule has 1 aliphatic heterocycles. The van der Waals surface area contributed by atoms with Crippen LogP contribution in [-0.2, 0) is 0 Å². The fourth-order valence-corrected chi connectivity index (χ4v) is 3.70. The molecule has 146 valence electrons. The van der Waals surface area contributed by atoms with Crippen LogP contribution in [0.25, 0.3) is 0 Å². The highest BCUT2D eigenvalue weighted by Gasteiger charge is 2.31. The van der Waals surface area contributed by atoms with Crippen LogP contribution in [0.1, 0.15) is 45.4 Å². The molecule has 0 spiro atoms. The van der Waals surface area contributed by atoms with E-state index in [1.54, 1.807) is 0 Å². The molecular formula is C16H32ClFN6O. The molecule has 9 heteroatoms. The molecule has 1 saturated carbocycles. The number of rotatable bonds is 7. The summed E-state index contributed by atoms with van der Waals surface area (Å²) in [5.74, 6) is 0. The summed E-state index contributed by atoms with van der Waals surface area (Å²) >= 11 is 5.96. The van der Waals surface area contributed by atoms with Crippen molar-refractivity contribution >= 4 is 17.6 Å². The first-order chi connectivity index (χ1) is 12.0. The number of hydrogen-bond acceptors (Lipinski definition) is 5. The molecule has 1 aliphatic carbocycles. The van der Waals surface area contributed by atoms with Gasteiger partial charge in [0.15, 0.2) is 0 Å². The number of carbonyl (C=O) groups excluding carboxylic acids is 1. The van der Waals surface area contributed by atoms with Crippen molar-refractivity contribution in [3.63, 3.8) is 0 Å². The zero-order valence-corrected chi connectivity index (χ0v) is 15.6. The van der Waals surface area contributed by atoms with E-state index in [9.17, 15) is 9.18 Å². The molecule has 7 N–H and O–H groups in total. The summed E-state index contributed by atoms with van der Waals surface area (Å²) < 4.78 is 13.4. The molecule has 0 aromatic heterocycles. The van der Waals surface area contributed by atoms with E-state index >= 15 is 0 Å². The molecule has 25 heavy (non-hydrogen) atoms. The van der Waals surface area contributed by atoms with Crippen LogP contribution in [0.2, 0.25) is 0 Å². The van der Waals surface area contributed by atoms with Gasteiger partial charge in [0.25, 0.3) is 0 Å². The highest BCUT2D eigenvalue weighted by molar-refractivity contribution is 6.21. The van der Waals surface area contributed by atoms with Gasteiger partial charge in [0.2, 0.25) is 0 Å². The Balaban J connectivity index is 1.71. The van der Waals surface area contributed by atoms with E-state index in [1.807, 2.05) is 0 Å². The molecule has 2 rings (SSSR count). The maximum atomic E-state index is 13.4. The van der Waals surface area contributed by atoms with Gasteiger partial charge in [0, 0.05) is 12.1 Å². The third kappa shape index (κ3) is 7.22. The standard InChI is InChI=1S/C16H32ClFN6O/c1-10-8-14(20-7-3-2-6-19)23-15(21-10)24-16(25)22-11-4-5-13(18)12(17)9-11/h10-15,20-21,23H,2-9,19H2,1H3,(H2,22,24,25). The fraction of sp³-hybridized carbons (Fsp3) is 0.938. The minimum atomic E-state index is -0.976. The molecule has 6 unspecified atom stereocenters. The Morgan fingerprint density at radius 3 is 2.76 bits per heavy atom. The van der Waals surface area contributed by atoms with E-state index in [4.69, 9.17) is 17.3 Å². The van der Waals surface area contributed by atoms with Crippen LogP contribution in [-0.4, -0.2) is 55.2 Å². The number of carbonyl (C=O) groups is 1. The van der Waals surface area contributed by atoms with Crippen molar-refractivity contribution in [3.05, 3.63) is 0 Å². The average Bonchev–Trinajstić information content (AvgIpc) is 2.54. The highest BCUT2D eigenvalue weighted by Crippen LogP contribution is 2.25. The van der Waals surface area contributed by atoms with Crippen LogP contribution in [0.5, 0.6) is 0 Å². The van der Waals surface area contributed by atoms with Gasteiger partial charge in [-0.3, -0.25) is 10.6 Å². The molecule has 1 saturated heterocycles. The van der Waals surface area contributed by atoms with E-state index in [1.165, 1.54) is 0 Å². The van der Waals surface area contributed by atoms with E-state index < -0.39 is 11.5 Å². The lowest BCUT2D eigenvalue weighted by Crippen LogP contribution is -2.68. The van der Waals surface area contributed by atoms with Gasteiger partial charge >= 0.3 is 6.03 Å². The molecule has 6 atom stereocenters. The Bertz CT molecular complexity index is 418. The van der Waals surface area contributed by atoms with Gasteiger partial charge in [-0.15, -0.1) is 11.6 Å². The zero-order valence-electron chi connectivity index (χ0n) is 14.9. The van der Waals surface area contributed by atoms with Crippen molar-refractivity contribution in [2.45, 2.75) is 81.5 Å². The van der Waals surface area contributed by atoms with E-state index in [0.29, 0.717) is 25.8 Å². The number of alkyl halides is 2. The Hall–Kier alpha value is -0.670. The molecule has 7 nitrogen and oxygen atoms in total. The lowest BCUT2D eigenvalue weighted by molar-refractivity contribution is 0.180. The Morgan fingerprint density at radius 2 is 2.04 bits per heavy atom. The lowest BCUT2D eigenvalue weighted by atomic mass is 9.93. The van der Waals surface area contributed by atoms with Gasteiger partial charge in [-0.2, -0.15) is 0 Å². The van der Waals surface area contributed by atoms with Gasteiger partial charge in [-0.1, -0.05) is 0 Å². The second kappa shape index (κ2) is 10.5. The molecular weight excluding hydrogens is 347 g/mol. The van der Waals surface area contributed by atoms with Crippen LogP contribution < -0.4 is 32.3 Å². The molecule has 2 amide bonds. The molecule has 1 heterocycles. The number of nitrogens with one attached hydrogen (secondary N) is 5. The van der Waals surface area contributed by atoms with Crippen molar-refractivity contribution in [2.75, 3.05) is 13.1 Å². The first-order valence-electron chi connectivity index (χ1n) is 9.28. The van der Waals surface area contributed by atoms with Gasteiger partial charge in [-0.25, -0.2) is 9.18 Å². The monoisotopic (exact) mass is 378 g/mol. The Morgan fingerprint density at radius 1 is 1.24 bits per heavy atom.